The SMILES string of the molecule is CC(Cc1ccc(CO)o1)c1ccc(CO)o1. The Labute approximate surface area is 99.5 Å². The summed E-state index contributed by atoms with van der Waals surface area (Å²) in [5, 5.41) is 17.8. The Bertz CT molecular complexity index is 469. The molecule has 0 aromatic carbocycles. The monoisotopic (exact) mass is 236 g/mol. The molecule has 0 aliphatic heterocycles. The molecule has 1 atom stereocenters. The van der Waals surface area contributed by atoms with Crippen LogP contribution < -0.4 is 0 Å². The van der Waals surface area contributed by atoms with Gasteiger partial charge >= 0.3 is 0 Å². The van der Waals surface area contributed by atoms with E-state index < -0.39 is 0 Å². The molecule has 0 saturated heterocycles. The Morgan fingerprint density at radius 3 is 2.12 bits per heavy atom. The van der Waals surface area contributed by atoms with Crippen LogP contribution >= 0.6 is 0 Å². The maximum Gasteiger partial charge on any atom is 0.129 e. The van der Waals surface area contributed by atoms with Gasteiger partial charge < -0.3 is 19.0 Å². The van der Waals surface area contributed by atoms with Crippen molar-refractivity contribution in [2.75, 3.05) is 0 Å². The topological polar surface area (TPSA) is 66.7 Å². The van der Waals surface area contributed by atoms with Crippen molar-refractivity contribution in [3.8, 4) is 0 Å². The maximum absolute atomic E-state index is 8.92. The highest BCUT2D eigenvalue weighted by molar-refractivity contribution is 5.14. The van der Waals surface area contributed by atoms with E-state index in [9.17, 15) is 0 Å². The summed E-state index contributed by atoms with van der Waals surface area (Å²) in [5.74, 6) is 2.97. The maximum atomic E-state index is 8.92. The summed E-state index contributed by atoms with van der Waals surface area (Å²) in [6.45, 7) is 1.87. The van der Waals surface area contributed by atoms with Crippen molar-refractivity contribution >= 4 is 0 Å². The van der Waals surface area contributed by atoms with Crippen LogP contribution in [-0.4, -0.2) is 10.2 Å². The molecule has 92 valence electrons. The van der Waals surface area contributed by atoms with E-state index in [0.717, 1.165) is 11.5 Å². The fourth-order valence-corrected chi connectivity index (χ4v) is 1.76. The molecule has 0 fully saturated rings. The second kappa shape index (κ2) is 5.21. The molecular formula is C13H16O4. The number of aliphatic hydroxyl groups excluding tert-OH is 2. The van der Waals surface area contributed by atoms with Crippen LogP contribution in [0.5, 0.6) is 0 Å². The van der Waals surface area contributed by atoms with Crippen molar-refractivity contribution in [3.63, 3.8) is 0 Å². The molecule has 0 radical (unpaired) electrons. The molecule has 4 heteroatoms. The number of rotatable bonds is 5. The van der Waals surface area contributed by atoms with E-state index in [4.69, 9.17) is 19.0 Å². The van der Waals surface area contributed by atoms with Crippen LogP contribution in [0.1, 0.15) is 35.9 Å². The summed E-state index contributed by atoms with van der Waals surface area (Å²) in [6, 6.07) is 7.26. The Morgan fingerprint density at radius 2 is 1.53 bits per heavy atom. The lowest BCUT2D eigenvalue weighted by Gasteiger charge is -2.05. The molecule has 2 heterocycles. The van der Waals surface area contributed by atoms with Crippen molar-refractivity contribution in [1.29, 1.82) is 0 Å². The lowest BCUT2D eigenvalue weighted by Crippen LogP contribution is -1.95. The molecule has 0 bridgehead atoms. The summed E-state index contributed by atoms with van der Waals surface area (Å²) in [6.07, 6.45) is 0.707. The largest absolute Gasteiger partial charge is 0.464 e. The minimum absolute atomic E-state index is 0.0796. The van der Waals surface area contributed by atoms with Crippen LogP contribution in [0.3, 0.4) is 0 Å². The van der Waals surface area contributed by atoms with E-state index in [1.165, 1.54) is 0 Å². The van der Waals surface area contributed by atoms with E-state index in [-0.39, 0.29) is 19.1 Å². The van der Waals surface area contributed by atoms with Crippen LogP contribution in [0.25, 0.3) is 0 Å². The van der Waals surface area contributed by atoms with Crippen LogP contribution in [0.4, 0.5) is 0 Å². The average molecular weight is 236 g/mol. The van der Waals surface area contributed by atoms with Gasteiger partial charge in [0.05, 0.1) is 0 Å². The molecule has 0 aliphatic rings. The predicted molar refractivity (Wildman–Crippen MR) is 61.4 cm³/mol. The van der Waals surface area contributed by atoms with Crippen LogP contribution in [-0.2, 0) is 19.6 Å². The van der Waals surface area contributed by atoms with Crippen molar-refractivity contribution < 1.29 is 19.0 Å². The van der Waals surface area contributed by atoms with Gasteiger partial charge in [-0.3, -0.25) is 0 Å². The number of aliphatic hydroxyl groups is 2. The highest BCUT2D eigenvalue weighted by Crippen LogP contribution is 2.23. The van der Waals surface area contributed by atoms with Gasteiger partial charge in [0.15, 0.2) is 0 Å². The number of hydrogen-bond donors (Lipinski definition) is 2. The number of hydrogen-bond acceptors (Lipinski definition) is 4. The quantitative estimate of drug-likeness (QED) is 0.835. The molecule has 0 spiro atoms. The Kier molecular flexibility index (Phi) is 3.66. The molecular weight excluding hydrogens is 220 g/mol. The summed E-state index contributed by atoms with van der Waals surface area (Å²) in [7, 11) is 0. The van der Waals surface area contributed by atoms with Crippen LogP contribution in [0.15, 0.2) is 33.1 Å². The lowest BCUT2D eigenvalue weighted by atomic mass is 10.0. The summed E-state index contributed by atoms with van der Waals surface area (Å²) >= 11 is 0. The van der Waals surface area contributed by atoms with Crippen molar-refractivity contribution in [2.24, 2.45) is 0 Å². The van der Waals surface area contributed by atoms with Crippen molar-refractivity contribution in [1.82, 2.24) is 0 Å². The lowest BCUT2D eigenvalue weighted by molar-refractivity contribution is 0.238. The minimum Gasteiger partial charge on any atom is -0.464 e. The smallest absolute Gasteiger partial charge is 0.129 e. The van der Waals surface area contributed by atoms with Crippen molar-refractivity contribution in [2.45, 2.75) is 32.5 Å². The zero-order valence-electron chi connectivity index (χ0n) is 9.72. The Morgan fingerprint density at radius 1 is 0.941 bits per heavy atom. The van der Waals surface area contributed by atoms with Gasteiger partial charge in [0, 0.05) is 12.3 Å². The molecule has 0 saturated carbocycles. The molecule has 17 heavy (non-hydrogen) atoms. The predicted octanol–water partition coefficient (Wildman–Crippen LogP) is 2.20. The van der Waals surface area contributed by atoms with Gasteiger partial charge in [-0.05, 0) is 24.3 Å². The molecule has 0 amide bonds. The Hall–Kier alpha value is -1.52. The van der Waals surface area contributed by atoms with E-state index in [1.54, 1.807) is 12.1 Å². The van der Waals surface area contributed by atoms with E-state index in [2.05, 4.69) is 0 Å². The molecule has 1 unspecified atom stereocenters. The highest BCUT2D eigenvalue weighted by atomic mass is 16.4. The van der Waals surface area contributed by atoms with Gasteiger partial charge in [-0.1, -0.05) is 6.92 Å². The van der Waals surface area contributed by atoms with Crippen molar-refractivity contribution in [3.05, 3.63) is 47.3 Å². The van der Waals surface area contributed by atoms with E-state index >= 15 is 0 Å². The molecule has 2 aromatic rings. The zero-order valence-corrected chi connectivity index (χ0v) is 9.72. The standard InChI is InChI=1S/C13H16O4/c1-9(13-5-4-12(8-15)17-13)6-10-2-3-11(7-14)16-10/h2-5,9,14-15H,6-8H2,1H3. The van der Waals surface area contributed by atoms with Gasteiger partial charge in [-0.15, -0.1) is 0 Å². The normalized spacial score (nSPS) is 12.9. The number of furan rings is 2. The average Bonchev–Trinajstić information content (AvgIpc) is 2.96. The first-order valence-corrected chi connectivity index (χ1v) is 5.61. The third-order valence-electron chi connectivity index (χ3n) is 2.70. The van der Waals surface area contributed by atoms with Crippen LogP contribution in [0, 0.1) is 0 Å². The first-order chi connectivity index (χ1) is 8.22. The third-order valence-corrected chi connectivity index (χ3v) is 2.70. The first-order valence-electron chi connectivity index (χ1n) is 5.61. The summed E-state index contributed by atoms with van der Waals surface area (Å²) in [4.78, 5) is 0. The first kappa shape index (κ1) is 12.0. The van der Waals surface area contributed by atoms with E-state index in [0.29, 0.717) is 17.9 Å². The molecule has 2 aromatic heterocycles. The third kappa shape index (κ3) is 2.78. The zero-order chi connectivity index (χ0) is 12.3. The van der Waals surface area contributed by atoms with Gasteiger partial charge in [-0.2, -0.15) is 0 Å². The second-order valence-corrected chi connectivity index (χ2v) is 4.09. The minimum atomic E-state index is -0.0812. The van der Waals surface area contributed by atoms with Gasteiger partial charge in [0.1, 0.15) is 36.3 Å². The molecule has 2 rings (SSSR count). The molecule has 4 nitrogen and oxygen atoms in total. The molecule has 0 aliphatic carbocycles. The van der Waals surface area contributed by atoms with E-state index in [1.807, 2.05) is 19.1 Å². The highest BCUT2D eigenvalue weighted by Gasteiger charge is 2.13. The molecule has 2 N–H and O–H groups in total. The fraction of sp³-hybridized carbons (Fsp3) is 0.385. The Balaban J connectivity index is 2.02. The van der Waals surface area contributed by atoms with Gasteiger partial charge in [-0.25, -0.2) is 0 Å². The summed E-state index contributed by atoms with van der Waals surface area (Å²) < 4.78 is 10.9. The van der Waals surface area contributed by atoms with Gasteiger partial charge in [0.2, 0.25) is 0 Å². The summed E-state index contributed by atoms with van der Waals surface area (Å²) in [5.41, 5.74) is 0. The second-order valence-electron chi connectivity index (χ2n) is 4.09. The fourth-order valence-electron chi connectivity index (χ4n) is 1.76. The van der Waals surface area contributed by atoms with Gasteiger partial charge in [0.25, 0.3) is 0 Å². The van der Waals surface area contributed by atoms with Crippen LogP contribution in [0.2, 0.25) is 0 Å².